The molecular weight excluding hydrogens is 252 g/mol. The van der Waals surface area contributed by atoms with Crippen molar-refractivity contribution in [3.8, 4) is 0 Å². The zero-order chi connectivity index (χ0) is 13.3. The van der Waals surface area contributed by atoms with Gasteiger partial charge in [-0.1, -0.05) is 6.07 Å². The lowest BCUT2D eigenvalue weighted by atomic mass is 10.1. The molecule has 1 unspecified atom stereocenters. The molecule has 1 saturated heterocycles. The number of nitro benzene ring substituents is 1. The van der Waals surface area contributed by atoms with Gasteiger partial charge in [0, 0.05) is 19.0 Å². The maximum Gasteiger partial charge on any atom is 0.274 e. The molecule has 1 aliphatic rings. The maximum absolute atomic E-state index is 11.9. The van der Waals surface area contributed by atoms with Gasteiger partial charge in [-0.3, -0.25) is 14.9 Å². The molecule has 1 aromatic rings. The molecule has 0 bridgehead atoms. The van der Waals surface area contributed by atoms with Gasteiger partial charge in [0.25, 0.3) is 5.69 Å². The highest BCUT2D eigenvalue weighted by molar-refractivity contribution is 7.80. The van der Waals surface area contributed by atoms with Gasteiger partial charge in [0.1, 0.15) is 0 Å². The number of hydrogen-bond donors (Lipinski definition) is 1. The Balaban J connectivity index is 2.37. The Hall–Kier alpha value is -1.56. The molecule has 0 radical (unpaired) electrons. The quantitative estimate of drug-likeness (QED) is 0.518. The van der Waals surface area contributed by atoms with Crippen molar-refractivity contribution < 1.29 is 9.72 Å². The van der Waals surface area contributed by atoms with Gasteiger partial charge in [0.2, 0.25) is 5.91 Å². The van der Waals surface area contributed by atoms with Gasteiger partial charge in [-0.2, -0.15) is 12.6 Å². The third kappa shape index (κ3) is 2.20. The first kappa shape index (κ1) is 12.9. The number of nitro groups is 1. The van der Waals surface area contributed by atoms with Gasteiger partial charge in [-0.05, 0) is 24.7 Å². The van der Waals surface area contributed by atoms with E-state index in [1.54, 1.807) is 24.0 Å². The lowest BCUT2D eigenvalue weighted by Crippen LogP contribution is -2.25. The highest BCUT2D eigenvalue weighted by Gasteiger charge is 2.31. The van der Waals surface area contributed by atoms with Crippen molar-refractivity contribution in [1.29, 1.82) is 0 Å². The van der Waals surface area contributed by atoms with Crippen LogP contribution in [0.25, 0.3) is 0 Å². The molecule has 96 valence electrons. The first-order chi connectivity index (χ1) is 8.54. The topological polar surface area (TPSA) is 63.5 Å². The minimum absolute atomic E-state index is 0.0117. The molecule has 1 amide bonds. The summed E-state index contributed by atoms with van der Waals surface area (Å²) in [5, 5.41) is 10.9. The Labute approximate surface area is 110 Å². The number of rotatable bonds is 3. The Morgan fingerprint density at radius 1 is 1.56 bits per heavy atom. The fourth-order valence-corrected chi connectivity index (χ4v) is 2.48. The summed E-state index contributed by atoms with van der Waals surface area (Å²) in [6.07, 6.45) is 0.464. The smallest absolute Gasteiger partial charge is 0.274 e. The van der Waals surface area contributed by atoms with Crippen LogP contribution < -0.4 is 4.90 Å². The lowest BCUT2D eigenvalue weighted by Gasteiger charge is -2.18. The molecule has 6 heteroatoms. The average Bonchev–Trinajstić information content (AvgIpc) is 2.70. The van der Waals surface area contributed by atoms with E-state index in [0.717, 1.165) is 0 Å². The minimum Gasteiger partial charge on any atom is -0.312 e. The number of nitrogens with zero attached hydrogens (tertiary/aromatic N) is 2. The van der Waals surface area contributed by atoms with Crippen LogP contribution in [-0.4, -0.2) is 23.1 Å². The minimum atomic E-state index is -0.421. The fourth-order valence-electron chi connectivity index (χ4n) is 2.24. The van der Waals surface area contributed by atoms with Gasteiger partial charge in [0.05, 0.1) is 16.2 Å². The van der Waals surface area contributed by atoms with Crippen molar-refractivity contribution in [2.24, 2.45) is 5.92 Å². The van der Waals surface area contributed by atoms with Crippen molar-refractivity contribution in [3.63, 3.8) is 0 Å². The Morgan fingerprint density at radius 2 is 2.28 bits per heavy atom. The predicted molar refractivity (Wildman–Crippen MR) is 72.1 cm³/mol. The maximum atomic E-state index is 11.9. The summed E-state index contributed by atoms with van der Waals surface area (Å²) in [6, 6.07) is 4.82. The second kappa shape index (κ2) is 4.97. The highest BCUT2D eigenvalue weighted by Crippen LogP contribution is 2.32. The average molecular weight is 266 g/mol. The second-order valence-corrected chi connectivity index (χ2v) is 4.80. The SMILES string of the molecule is Cc1c(N2CC(CS)CC2=O)cccc1[N+](=O)[O-]. The zero-order valence-electron chi connectivity index (χ0n) is 10.00. The van der Waals surface area contributed by atoms with E-state index in [2.05, 4.69) is 12.6 Å². The molecule has 1 aromatic carbocycles. The molecule has 18 heavy (non-hydrogen) atoms. The molecule has 0 spiro atoms. The van der Waals surface area contributed by atoms with Crippen LogP contribution in [0.15, 0.2) is 18.2 Å². The van der Waals surface area contributed by atoms with Gasteiger partial charge in [-0.25, -0.2) is 0 Å². The van der Waals surface area contributed by atoms with E-state index in [1.165, 1.54) is 6.07 Å². The van der Waals surface area contributed by atoms with Gasteiger partial charge in [0.15, 0.2) is 0 Å². The number of amides is 1. The molecule has 1 atom stereocenters. The molecule has 0 saturated carbocycles. The van der Waals surface area contributed by atoms with Crippen molar-refractivity contribution in [1.82, 2.24) is 0 Å². The Kier molecular flexibility index (Phi) is 3.56. The first-order valence-electron chi connectivity index (χ1n) is 5.69. The van der Waals surface area contributed by atoms with E-state index in [0.29, 0.717) is 30.0 Å². The second-order valence-electron chi connectivity index (χ2n) is 4.44. The van der Waals surface area contributed by atoms with Crippen LogP contribution in [0.1, 0.15) is 12.0 Å². The normalized spacial score (nSPS) is 19.3. The molecule has 0 aliphatic carbocycles. The van der Waals surface area contributed by atoms with E-state index in [-0.39, 0.29) is 17.5 Å². The summed E-state index contributed by atoms with van der Waals surface area (Å²) in [5.74, 6) is 0.882. The van der Waals surface area contributed by atoms with Crippen LogP contribution in [0.3, 0.4) is 0 Å². The highest BCUT2D eigenvalue weighted by atomic mass is 32.1. The van der Waals surface area contributed by atoms with Gasteiger partial charge < -0.3 is 4.90 Å². The molecule has 1 aliphatic heterocycles. The number of carbonyl (C=O) groups is 1. The number of hydrogen-bond acceptors (Lipinski definition) is 4. The summed E-state index contributed by atoms with van der Waals surface area (Å²) < 4.78 is 0. The Bertz CT molecular complexity index is 504. The van der Waals surface area contributed by atoms with E-state index in [1.807, 2.05) is 0 Å². The van der Waals surface area contributed by atoms with E-state index < -0.39 is 4.92 Å². The predicted octanol–water partition coefficient (Wildman–Crippen LogP) is 2.19. The fraction of sp³-hybridized carbons (Fsp3) is 0.417. The van der Waals surface area contributed by atoms with Crippen LogP contribution in [0.2, 0.25) is 0 Å². The van der Waals surface area contributed by atoms with Crippen LogP contribution in [0.5, 0.6) is 0 Å². The summed E-state index contributed by atoms with van der Waals surface area (Å²) >= 11 is 4.20. The first-order valence-corrected chi connectivity index (χ1v) is 6.33. The van der Waals surface area contributed by atoms with E-state index in [9.17, 15) is 14.9 Å². The molecule has 0 N–H and O–H groups in total. The number of carbonyl (C=O) groups excluding carboxylic acids is 1. The van der Waals surface area contributed by atoms with E-state index >= 15 is 0 Å². The molecule has 5 nitrogen and oxygen atoms in total. The molecule has 1 heterocycles. The number of benzene rings is 1. The van der Waals surface area contributed by atoms with Crippen molar-refractivity contribution >= 4 is 29.9 Å². The monoisotopic (exact) mass is 266 g/mol. The summed E-state index contributed by atoms with van der Waals surface area (Å²) in [6.45, 7) is 2.26. The van der Waals surface area contributed by atoms with Crippen molar-refractivity contribution in [2.75, 3.05) is 17.2 Å². The largest absolute Gasteiger partial charge is 0.312 e. The molecule has 1 fully saturated rings. The Morgan fingerprint density at radius 3 is 2.83 bits per heavy atom. The van der Waals surface area contributed by atoms with Crippen LogP contribution >= 0.6 is 12.6 Å². The summed E-state index contributed by atoms with van der Waals surface area (Å²) in [5.41, 5.74) is 1.23. The van der Waals surface area contributed by atoms with Gasteiger partial charge in [-0.15, -0.1) is 0 Å². The number of thiol groups is 1. The third-order valence-corrected chi connectivity index (χ3v) is 3.74. The van der Waals surface area contributed by atoms with Crippen LogP contribution in [0, 0.1) is 23.0 Å². The molecule has 2 rings (SSSR count). The third-order valence-electron chi connectivity index (χ3n) is 3.23. The van der Waals surface area contributed by atoms with Gasteiger partial charge >= 0.3 is 0 Å². The number of anilines is 1. The summed E-state index contributed by atoms with van der Waals surface area (Å²) in [4.78, 5) is 24.0. The standard InChI is InChI=1S/C12H14N2O3S/c1-8-10(3-2-4-11(8)14(16)17)13-6-9(7-18)5-12(13)15/h2-4,9,18H,5-7H2,1H3. The van der Waals surface area contributed by atoms with E-state index in [4.69, 9.17) is 0 Å². The summed E-state index contributed by atoms with van der Waals surface area (Å²) in [7, 11) is 0. The van der Waals surface area contributed by atoms with Crippen LogP contribution in [-0.2, 0) is 4.79 Å². The lowest BCUT2D eigenvalue weighted by molar-refractivity contribution is -0.385. The van der Waals surface area contributed by atoms with Crippen molar-refractivity contribution in [2.45, 2.75) is 13.3 Å². The van der Waals surface area contributed by atoms with Crippen molar-refractivity contribution in [3.05, 3.63) is 33.9 Å². The molecular formula is C12H14N2O3S. The molecule has 0 aromatic heterocycles. The van der Waals surface area contributed by atoms with Crippen LogP contribution in [0.4, 0.5) is 11.4 Å². The zero-order valence-corrected chi connectivity index (χ0v) is 10.9.